The second kappa shape index (κ2) is 14.0. The van der Waals surface area contributed by atoms with Crippen LogP contribution in [0.1, 0.15) is 79.2 Å². The Balaban J connectivity index is 1.39. The number of hydrogen-bond acceptors (Lipinski definition) is 2. The Bertz CT molecular complexity index is 2420. The molecule has 0 fully saturated rings. The summed E-state index contributed by atoms with van der Waals surface area (Å²) in [5.41, 5.74) is 26.0. The van der Waals surface area contributed by atoms with E-state index in [1.165, 1.54) is 106 Å². The van der Waals surface area contributed by atoms with Crippen molar-refractivity contribution in [1.82, 2.24) is 0 Å². The van der Waals surface area contributed by atoms with Crippen molar-refractivity contribution in [1.29, 1.82) is 0 Å². The monoisotopic (exact) mass is 730 g/mol. The van der Waals surface area contributed by atoms with Gasteiger partial charge in [0.1, 0.15) is 0 Å². The van der Waals surface area contributed by atoms with Crippen LogP contribution < -0.4 is 9.80 Å². The van der Waals surface area contributed by atoms with Crippen LogP contribution in [0.25, 0.3) is 11.1 Å². The minimum Gasteiger partial charge on any atom is -0.310 e. The second-order valence-electron chi connectivity index (χ2n) is 16.8. The molecule has 0 atom stereocenters. The molecular formula is C54H54N2. The number of rotatable bonds is 7. The highest BCUT2D eigenvalue weighted by atomic mass is 15.2. The molecule has 0 saturated heterocycles. The summed E-state index contributed by atoms with van der Waals surface area (Å²) >= 11 is 0. The molecule has 2 nitrogen and oxygen atoms in total. The first kappa shape index (κ1) is 37.1. The summed E-state index contributed by atoms with van der Waals surface area (Å²) in [6, 6.07) is 48.7. The van der Waals surface area contributed by atoms with Gasteiger partial charge in [-0.15, -0.1) is 0 Å². The van der Waals surface area contributed by atoms with E-state index in [0.29, 0.717) is 0 Å². The minimum absolute atomic E-state index is 0.417. The first-order chi connectivity index (χ1) is 26.7. The Morgan fingerprint density at radius 2 is 0.643 bits per heavy atom. The van der Waals surface area contributed by atoms with Crippen molar-refractivity contribution in [2.45, 2.75) is 81.6 Å². The van der Waals surface area contributed by atoms with Gasteiger partial charge in [0.2, 0.25) is 0 Å². The summed E-state index contributed by atoms with van der Waals surface area (Å²) in [7, 11) is 0. The van der Waals surface area contributed by atoms with Crippen molar-refractivity contribution >= 4 is 34.1 Å². The molecule has 0 aliphatic heterocycles. The third-order valence-electron chi connectivity index (χ3n) is 12.0. The fourth-order valence-electron chi connectivity index (χ4n) is 9.61. The third-order valence-corrected chi connectivity index (χ3v) is 12.0. The fraction of sp³-hybridized carbons (Fsp3) is 0.222. The van der Waals surface area contributed by atoms with Crippen molar-refractivity contribution in [2.24, 2.45) is 0 Å². The average molecular weight is 731 g/mol. The number of fused-ring (bicyclic) bond motifs is 3. The zero-order valence-corrected chi connectivity index (χ0v) is 35.0. The Hall–Kier alpha value is -5.86. The lowest BCUT2D eigenvalue weighted by Gasteiger charge is -2.33. The van der Waals surface area contributed by atoms with Crippen LogP contribution in [0.2, 0.25) is 0 Å². The molecule has 56 heavy (non-hydrogen) atoms. The SMILES string of the molecule is Cc1ccc(N(c2ccc3c(c2)C(C)(c2cc(C)cc(C)c2)c2cc(N(c4ccc(C)cc4)c4c(C)cc(C)cc4C)ccc2-3)c2c(C)cc(C)cc2C)cc1. The molecule has 0 N–H and O–H groups in total. The summed E-state index contributed by atoms with van der Waals surface area (Å²) in [5.74, 6) is 0. The van der Waals surface area contributed by atoms with E-state index in [-0.39, 0.29) is 0 Å². The van der Waals surface area contributed by atoms with E-state index < -0.39 is 5.41 Å². The lowest BCUT2D eigenvalue weighted by molar-refractivity contribution is 0.712. The predicted octanol–water partition coefficient (Wildman–Crippen LogP) is 15.0. The van der Waals surface area contributed by atoms with Gasteiger partial charge in [0.25, 0.3) is 0 Å². The minimum atomic E-state index is -0.417. The normalized spacial score (nSPS) is 12.7. The van der Waals surface area contributed by atoms with Crippen LogP contribution in [0, 0.1) is 69.2 Å². The fourth-order valence-corrected chi connectivity index (χ4v) is 9.61. The molecule has 1 aliphatic rings. The lowest BCUT2D eigenvalue weighted by atomic mass is 9.73. The number of nitrogens with zero attached hydrogens (tertiary/aromatic N) is 2. The first-order valence-electron chi connectivity index (χ1n) is 20.0. The topological polar surface area (TPSA) is 6.48 Å². The largest absolute Gasteiger partial charge is 0.310 e. The van der Waals surface area contributed by atoms with Crippen LogP contribution in [0.3, 0.4) is 0 Å². The van der Waals surface area contributed by atoms with E-state index in [9.17, 15) is 0 Å². The number of anilines is 6. The Kier molecular flexibility index (Phi) is 9.28. The highest BCUT2D eigenvalue weighted by molar-refractivity contribution is 5.91. The zero-order valence-electron chi connectivity index (χ0n) is 35.0. The van der Waals surface area contributed by atoms with E-state index in [4.69, 9.17) is 0 Å². The Morgan fingerprint density at radius 1 is 0.321 bits per heavy atom. The van der Waals surface area contributed by atoms with E-state index >= 15 is 0 Å². The maximum Gasteiger partial charge on any atom is 0.0520 e. The predicted molar refractivity (Wildman–Crippen MR) is 241 cm³/mol. The molecule has 0 spiro atoms. The van der Waals surface area contributed by atoms with Crippen LogP contribution >= 0.6 is 0 Å². The van der Waals surface area contributed by atoms with Gasteiger partial charge in [0.15, 0.2) is 0 Å². The molecule has 280 valence electrons. The van der Waals surface area contributed by atoms with Crippen LogP contribution in [-0.4, -0.2) is 0 Å². The molecule has 0 unspecified atom stereocenters. The van der Waals surface area contributed by atoms with Gasteiger partial charge in [0.05, 0.1) is 11.4 Å². The average Bonchev–Trinajstić information content (AvgIpc) is 3.39. The maximum atomic E-state index is 2.48. The second-order valence-corrected chi connectivity index (χ2v) is 16.8. The van der Waals surface area contributed by atoms with Crippen molar-refractivity contribution in [2.75, 3.05) is 9.80 Å². The molecular weight excluding hydrogens is 677 g/mol. The highest BCUT2D eigenvalue weighted by Crippen LogP contribution is 2.56. The zero-order chi connectivity index (χ0) is 39.6. The number of benzene rings is 7. The molecule has 0 amide bonds. The number of hydrogen-bond donors (Lipinski definition) is 0. The standard InChI is InChI=1S/C54H54N2/c1-33-12-16-44(17-13-33)55(52-39(7)25-37(5)26-40(52)8)46-20-22-48-49-23-21-47(32-51(49)54(11,50(48)31-46)43-29-35(3)24-36(4)30-43)56(45-18-14-34(2)15-19-45)53-41(9)27-38(6)28-42(53)10/h12-32H,1-11H3. The van der Waals surface area contributed by atoms with E-state index in [0.717, 1.165) is 11.4 Å². The van der Waals surface area contributed by atoms with E-state index in [1.54, 1.807) is 0 Å². The molecule has 7 aromatic carbocycles. The molecule has 0 bridgehead atoms. The van der Waals surface area contributed by atoms with Gasteiger partial charge in [-0.25, -0.2) is 0 Å². The molecule has 0 heterocycles. The molecule has 0 saturated carbocycles. The summed E-state index contributed by atoms with van der Waals surface area (Å²) in [5, 5.41) is 0. The Morgan fingerprint density at radius 3 is 1.00 bits per heavy atom. The summed E-state index contributed by atoms with van der Waals surface area (Å²) < 4.78 is 0. The summed E-state index contributed by atoms with van der Waals surface area (Å²) in [6.07, 6.45) is 0. The maximum absolute atomic E-state index is 2.48. The van der Waals surface area contributed by atoms with Crippen LogP contribution in [-0.2, 0) is 5.41 Å². The van der Waals surface area contributed by atoms with Crippen LogP contribution in [0.15, 0.2) is 127 Å². The highest BCUT2D eigenvalue weighted by Gasteiger charge is 2.42. The van der Waals surface area contributed by atoms with E-state index in [2.05, 4.69) is 213 Å². The van der Waals surface area contributed by atoms with Crippen LogP contribution in [0.4, 0.5) is 34.1 Å². The third kappa shape index (κ3) is 6.32. The molecule has 1 aliphatic carbocycles. The molecule has 0 radical (unpaired) electrons. The van der Waals surface area contributed by atoms with Gasteiger partial charge in [-0.05, 0) is 175 Å². The van der Waals surface area contributed by atoms with Crippen molar-refractivity contribution in [3.8, 4) is 11.1 Å². The van der Waals surface area contributed by atoms with Gasteiger partial charge in [-0.3, -0.25) is 0 Å². The summed E-state index contributed by atoms with van der Waals surface area (Å²) in [4.78, 5) is 4.95. The first-order valence-corrected chi connectivity index (χ1v) is 20.0. The van der Waals surface area contributed by atoms with E-state index in [1.807, 2.05) is 0 Å². The van der Waals surface area contributed by atoms with Gasteiger partial charge in [0, 0.05) is 28.2 Å². The van der Waals surface area contributed by atoms with Gasteiger partial charge in [-0.1, -0.05) is 112 Å². The molecule has 2 heteroatoms. The Labute approximate surface area is 335 Å². The quantitative estimate of drug-likeness (QED) is 0.161. The smallest absolute Gasteiger partial charge is 0.0520 e. The van der Waals surface area contributed by atoms with Crippen molar-refractivity contribution in [3.05, 3.63) is 200 Å². The molecule has 8 rings (SSSR count). The lowest BCUT2D eigenvalue weighted by Crippen LogP contribution is -2.24. The van der Waals surface area contributed by atoms with Crippen molar-refractivity contribution in [3.63, 3.8) is 0 Å². The van der Waals surface area contributed by atoms with Crippen LogP contribution in [0.5, 0.6) is 0 Å². The van der Waals surface area contributed by atoms with Gasteiger partial charge >= 0.3 is 0 Å². The van der Waals surface area contributed by atoms with Crippen molar-refractivity contribution < 1.29 is 0 Å². The number of aryl methyl sites for hydroxylation is 10. The molecule has 7 aromatic rings. The summed E-state index contributed by atoms with van der Waals surface area (Å²) in [6.45, 7) is 24.6. The molecule has 0 aromatic heterocycles. The van der Waals surface area contributed by atoms with Gasteiger partial charge < -0.3 is 9.80 Å². The van der Waals surface area contributed by atoms with Gasteiger partial charge in [-0.2, -0.15) is 0 Å².